The van der Waals surface area contributed by atoms with E-state index >= 15 is 0 Å². The van der Waals surface area contributed by atoms with E-state index in [0.29, 0.717) is 25.9 Å². The number of halogens is 2. The number of aryl methyl sites for hydroxylation is 2. The SMILES string of the molecule is CC(=O)[O-].CC(=O)[O-].CC(C)(C)[C@@](O)(CCc1ccc(Cl)cc1)Cn1cncn1.CC(C)(C)[C@](O)(CCc1ccc(Cl)cc1)Cn1cncn1.[Cu+2]. The van der Waals surface area contributed by atoms with E-state index in [1.54, 1.807) is 22.0 Å². The third-order valence-corrected chi connectivity index (χ3v) is 8.56. The van der Waals surface area contributed by atoms with Crippen LogP contribution in [0.25, 0.3) is 0 Å². The minimum atomic E-state index is -1.08. The molecule has 0 bridgehead atoms. The van der Waals surface area contributed by atoms with Gasteiger partial charge in [-0.25, -0.2) is 9.97 Å². The van der Waals surface area contributed by atoms with Crippen LogP contribution in [-0.2, 0) is 52.6 Å². The van der Waals surface area contributed by atoms with Gasteiger partial charge in [0.05, 0.1) is 24.3 Å². The van der Waals surface area contributed by atoms with Crippen LogP contribution in [0.2, 0.25) is 10.0 Å². The maximum absolute atomic E-state index is 11.1. The van der Waals surface area contributed by atoms with Crippen LogP contribution in [-0.4, -0.2) is 62.9 Å². The first-order valence-corrected chi connectivity index (χ1v) is 16.8. The van der Waals surface area contributed by atoms with Crippen LogP contribution in [0.4, 0.5) is 0 Å². The van der Waals surface area contributed by atoms with Crippen LogP contribution in [0, 0.1) is 10.8 Å². The molecule has 0 saturated heterocycles. The Morgan fingerprint density at radius 2 is 0.922 bits per heavy atom. The molecule has 4 rings (SSSR count). The Labute approximate surface area is 321 Å². The summed E-state index contributed by atoms with van der Waals surface area (Å²) in [6, 6.07) is 15.5. The van der Waals surface area contributed by atoms with Crippen molar-refractivity contribution in [3.8, 4) is 0 Å². The van der Waals surface area contributed by atoms with Gasteiger partial charge < -0.3 is 30.0 Å². The van der Waals surface area contributed by atoms with Gasteiger partial charge in [-0.15, -0.1) is 0 Å². The molecule has 0 spiro atoms. The zero-order valence-electron chi connectivity index (χ0n) is 30.4. The van der Waals surface area contributed by atoms with Crippen molar-refractivity contribution in [2.45, 2.75) is 105 Å². The van der Waals surface area contributed by atoms with E-state index in [4.69, 9.17) is 43.0 Å². The van der Waals surface area contributed by atoms with Crippen molar-refractivity contribution in [1.82, 2.24) is 29.5 Å². The first-order valence-electron chi connectivity index (χ1n) is 16.0. The van der Waals surface area contributed by atoms with Crippen LogP contribution in [0.5, 0.6) is 0 Å². The fraction of sp³-hybridized carbons (Fsp3) is 0.500. The summed E-state index contributed by atoms with van der Waals surface area (Å²) in [7, 11) is 0. The zero-order valence-corrected chi connectivity index (χ0v) is 32.9. The van der Waals surface area contributed by atoms with Gasteiger partial charge in [0, 0.05) is 22.0 Å². The Morgan fingerprint density at radius 1 is 0.647 bits per heavy atom. The summed E-state index contributed by atoms with van der Waals surface area (Å²) in [5.74, 6) is -2.17. The van der Waals surface area contributed by atoms with Crippen molar-refractivity contribution < 1.29 is 47.1 Å². The molecule has 2 N–H and O–H groups in total. The Morgan fingerprint density at radius 3 is 1.14 bits per heavy atom. The second-order valence-corrected chi connectivity index (χ2v) is 14.9. The molecule has 0 aliphatic heterocycles. The fourth-order valence-corrected chi connectivity index (χ4v) is 4.80. The summed E-state index contributed by atoms with van der Waals surface area (Å²) in [5, 5.41) is 49.7. The molecule has 0 fully saturated rings. The first-order chi connectivity index (χ1) is 23.1. The Kier molecular flexibility index (Phi) is 20.5. The first kappa shape index (κ1) is 47.7. The molecule has 51 heavy (non-hydrogen) atoms. The molecule has 2 aromatic heterocycles. The fourth-order valence-electron chi connectivity index (χ4n) is 4.55. The van der Waals surface area contributed by atoms with E-state index in [1.807, 2.05) is 90.1 Å². The number of benzene rings is 2. The third-order valence-electron chi connectivity index (χ3n) is 8.05. The molecular formula is C36H50Cl2CuN6O6. The average Bonchev–Trinajstić information content (AvgIpc) is 3.70. The smallest absolute Gasteiger partial charge is 0.550 e. The minimum Gasteiger partial charge on any atom is -0.550 e. The second-order valence-electron chi connectivity index (χ2n) is 14.0. The average molecular weight is 797 g/mol. The zero-order chi connectivity index (χ0) is 38.2. The Bertz CT molecular complexity index is 1420. The number of aliphatic hydroxyl groups is 2. The summed E-state index contributed by atoms with van der Waals surface area (Å²) in [6.45, 7) is 15.1. The van der Waals surface area contributed by atoms with Crippen molar-refractivity contribution in [2.75, 3.05) is 0 Å². The number of aromatic nitrogens is 6. The largest absolute Gasteiger partial charge is 2.00 e. The molecule has 285 valence electrons. The molecule has 2 heterocycles. The van der Waals surface area contributed by atoms with Crippen molar-refractivity contribution in [1.29, 1.82) is 0 Å². The van der Waals surface area contributed by atoms with Crippen LogP contribution in [0.15, 0.2) is 73.8 Å². The monoisotopic (exact) mass is 795 g/mol. The van der Waals surface area contributed by atoms with Crippen molar-refractivity contribution in [2.24, 2.45) is 10.8 Å². The van der Waals surface area contributed by atoms with Gasteiger partial charge in [0.15, 0.2) is 0 Å². The van der Waals surface area contributed by atoms with E-state index < -0.39 is 23.1 Å². The number of aliphatic carboxylic acids is 2. The molecule has 4 aromatic rings. The van der Waals surface area contributed by atoms with Crippen LogP contribution >= 0.6 is 23.2 Å². The number of carboxylic acids is 2. The molecule has 2 atom stereocenters. The van der Waals surface area contributed by atoms with Crippen LogP contribution in [0.3, 0.4) is 0 Å². The summed E-state index contributed by atoms with van der Waals surface area (Å²) in [6.07, 6.45) is 9.14. The summed E-state index contributed by atoms with van der Waals surface area (Å²) in [4.78, 5) is 25.7. The van der Waals surface area contributed by atoms with Crippen LogP contribution in [0.1, 0.15) is 79.4 Å². The Balaban J connectivity index is 0.000000797. The topological polar surface area (TPSA) is 182 Å². The van der Waals surface area contributed by atoms with E-state index in [0.717, 1.165) is 36.7 Å². The maximum atomic E-state index is 11.1. The van der Waals surface area contributed by atoms with E-state index in [2.05, 4.69) is 20.2 Å². The molecule has 0 aliphatic carbocycles. The summed E-state index contributed by atoms with van der Waals surface area (Å²) >= 11 is 11.8. The van der Waals surface area contributed by atoms with Gasteiger partial charge in [0.1, 0.15) is 25.3 Å². The van der Waals surface area contributed by atoms with Gasteiger partial charge in [0.25, 0.3) is 0 Å². The number of rotatable bonds is 10. The predicted octanol–water partition coefficient (Wildman–Crippen LogP) is 4.19. The van der Waals surface area contributed by atoms with Crippen molar-refractivity contribution in [3.05, 3.63) is 95.0 Å². The number of carboxylic acid groups (broad SMARTS) is 2. The number of carbonyl (C=O) groups is 2. The normalized spacial score (nSPS) is 13.3. The van der Waals surface area contributed by atoms with E-state index in [1.165, 1.54) is 23.8 Å². The Hall–Kier alpha value is -3.32. The molecule has 1 radical (unpaired) electrons. The molecule has 0 saturated carbocycles. The molecule has 2 aromatic carbocycles. The van der Waals surface area contributed by atoms with Gasteiger partial charge in [-0.05, 0) is 85.8 Å². The summed E-state index contributed by atoms with van der Waals surface area (Å²) < 4.78 is 3.38. The number of carbonyl (C=O) groups excluding carboxylic acids is 2. The minimum absolute atomic E-state index is 0. The van der Waals surface area contributed by atoms with Crippen molar-refractivity contribution in [3.63, 3.8) is 0 Å². The van der Waals surface area contributed by atoms with Gasteiger partial charge >= 0.3 is 17.1 Å². The number of nitrogens with zero attached hydrogens (tertiary/aromatic N) is 6. The number of hydrogen-bond acceptors (Lipinski definition) is 10. The second kappa shape index (κ2) is 21.9. The molecule has 0 aliphatic rings. The van der Waals surface area contributed by atoms with Gasteiger partial charge in [-0.3, -0.25) is 9.36 Å². The van der Waals surface area contributed by atoms with E-state index in [-0.39, 0.29) is 27.9 Å². The number of hydrogen-bond donors (Lipinski definition) is 2. The quantitative estimate of drug-likeness (QED) is 0.221. The molecule has 12 nitrogen and oxygen atoms in total. The van der Waals surface area contributed by atoms with Crippen molar-refractivity contribution >= 4 is 35.1 Å². The summed E-state index contributed by atoms with van der Waals surface area (Å²) in [5.41, 5.74) is 0.0959. The standard InChI is InChI=1S/2C16H22ClN3O.2C2H4O2.Cu/c2*1-15(2,3)16(21,10-20-12-18-11-19-20)9-8-13-4-6-14(17)7-5-13;2*1-2(3)4;/h2*4-7,11-12,21H,8-10H2,1-3H3;2*1H3,(H,3,4);/q;;;;+2/p-2/t2*16-;;;/m10.../s1. The molecular weight excluding hydrogens is 747 g/mol. The van der Waals surface area contributed by atoms with Gasteiger partial charge in [-0.1, -0.05) is 89.0 Å². The maximum Gasteiger partial charge on any atom is 2.00 e. The predicted molar refractivity (Wildman–Crippen MR) is 190 cm³/mol. The van der Waals surface area contributed by atoms with Crippen LogP contribution < -0.4 is 10.2 Å². The van der Waals surface area contributed by atoms with Gasteiger partial charge in [0.2, 0.25) is 0 Å². The molecule has 0 amide bonds. The van der Waals surface area contributed by atoms with Gasteiger partial charge in [-0.2, -0.15) is 10.2 Å². The molecule has 15 heteroatoms. The molecule has 0 unspecified atom stereocenters. The third kappa shape index (κ3) is 18.7. The van der Waals surface area contributed by atoms with E-state index in [9.17, 15) is 10.2 Å².